The number of amides is 1. The molecule has 0 unspecified atom stereocenters. The van der Waals surface area contributed by atoms with Gasteiger partial charge in [-0.2, -0.15) is 0 Å². The molecule has 2 atom stereocenters. The third kappa shape index (κ3) is 2.45. The van der Waals surface area contributed by atoms with Gasteiger partial charge in [-0.25, -0.2) is 0 Å². The first-order valence-corrected chi connectivity index (χ1v) is 5.49. The van der Waals surface area contributed by atoms with E-state index in [4.69, 9.17) is 4.74 Å². The number of nitrogens with one attached hydrogen (secondary N) is 2. The Morgan fingerprint density at radius 3 is 3.07 bits per heavy atom. The zero-order chi connectivity index (χ0) is 9.80. The van der Waals surface area contributed by atoms with Gasteiger partial charge in [0.05, 0.1) is 12.1 Å². The third-order valence-electron chi connectivity index (χ3n) is 2.90. The van der Waals surface area contributed by atoms with Crippen molar-refractivity contribution in [2.75, 3.05) is 19.7 Å². The summed E-state index contributed by atoms with van der Waals surface area (Å²) in [5, 5.41) is 6.14. The molecule has 0 aromatic carbocycles. The van der Waals surface area contributed by atoms with E-state index in [-0.39, 0.29) is 11.9 Å². The average molecular weight is 198 g/mol. The second kappa shape index (κ2) is 4.75. The summed E-state index contributed by atoms with van der Waals surface area (Å²) in [5.41, 5.74) is 0. The number of hydrogen-bond acceptors (Lipinski definition) is 3. The number of carbonyl (C=O) groups excluding carboxylic acids is 1. The van der Waals surface area contributed by atoms with Gasteiger partial charge in [-0.15, -0.1) is 0 Å². The van der Waals surface area contributed by atoms with Crippen molar-refractivity contribution in [1.29, 1.82) is 0 Å². The normalized spacial score (nSPS) is 33.0. The van der Waals surface area contributed by atoms with E-state index >= 15 is 0 Å². The van der Waals surface area contributed by atoms with E-state index in [0.717, 1.165) is 45.4 Å². The molecule has 2 fully saturated rings. The molecule has 2 saturated heterocycles. The molecule has 2 aliphatic heterocycles. The van der Waals surface area contributed by atoms with Gasteiger partial charge < -0.3 is 15.4 Å². The molecule has 4 nitrogen and oxygen atoms in total. The Labute approximate surface area is 84.4 Å². The highest BCUT2D eigenvalue weighted by molar-refractivity contribution is 5.82. The summed E-state index contributed by atoms with van der Waals surface area (Å²) >= 11 is 0. The molecule has 0 spiro atoms. The minimum atomic E-state index is 0.00736. The van der Waals surface area contributed by atoms with Crippen LogP contribution in [0.15, 0.2) is 0 Å². The molecule has 2 N–H and O–H groups in total. The number of ether oxygens (including phenoxy) is 1. The van der Waals surface area contributed by atoms with Gasteiger partial charge in [0.1, 0.15) is 0 Å². The summed E-state index contributed by atoms with van der Waals surface area (Å²) in [6.45, 7) is 2.53. The van der Waals surface area contributed by atoms with Gasteiger partial charge in [-0.1, -0.05) is 0 Å². The zero-order valence-electron chi connectivity index (χ0n) is 8.42. The number of carbonyl (C=O) groups is 1. The van der Waals surface area contributed by atoms with Crippen molar-refractivity contribution in [1.82, 2.24) is 10.6 Å². The van der Waals surface area contributed by atoms with Crippen LogP contribution in [0.25, 0.3) is 0 Å². The van der Waals surface area contributed by atoms with Crippen LogP contribution in [-0.2, 0) is 9.53 Å². The van der Waals surface area contributed by atoms with Gasteiger partial charge in [0.25, 0.3) is 0 Å². The number of rotatable bonds is 3. The lowest BCUT2D eigenvalue weighted by Gasteiger charge is -2.24. The van der Waals surface area contributed by atoms with Crippen molar-refractivity contribution in [3.05, 3.63) is 0 Å². The molecule has 0 saturated carbocycles. The summed E-state index contributed by atoms with van der Waals surface area (Å²) in [6.07, 6.45) is 4.64. The molecule has 0 aromatic rings. The average Bonchev–Trinajstić information content (AvgIpc) is 2.69. The standard InChI is InChI=1S/C10H18N2O2/c13-10-9(4-1-5-11-10)12-7-8-3-2-6-14-8/h8-9,12H,1-7H2,(H,11,13)/t8-,9-/m0/s1. The fourth-order valence-electron chi connectivity index (χ4n) is 2.05. The van der Waals surface area contributed by atoms with E-state index in [2.05, 4.69) is 10.6 Å². The Morgan fingerprint density at radius 1 is 1.43 bits per heavy atom. The SMILES string of the molecule is O=C1NCCC[C@@H]1NC[C@@H]1CCCO1. The Balaban J connectivity index is 1.70. The second-order valence-electron chi connectivity index (χ2n) is 4.03. The summed E-state index contributed by atoms with van der Waals surface area (Å²) in [6, 6.07) is 0.00736. The molecule has 2 aliphatic rings. The Morgan fingerprint density at radius 2 is 2.36 bits per heavy atom. The lowest BCUT2D eigenvalue weighted by molar-refractivity contribution is -0.124. The van der Waals surface area contributed by atoms with Gasteiger partial charge in [0, 0.05) is 19.7 Å². The van der Waals surface area contributed by atoms with Crippen molar-refractivity contribution in [3.8, 4) is 0 Å². The first-order chi connectivity index (χ1) is 6.86. The van der Waals surface area contributed by atoms with E-state index in [1.165, 1.54) is 0 Å². The molecule has 80 valence electrons. The van der Waals surface area contributed by atoms with Gasteiger partial charge in [0.2, 0.25) is 5.91 Å². The molecular weight excluding hydrogens is 180 g/mol. The van der Waals surface area contributed by atoms with Crippen molar-refractivity contribution in [2.24, 2.45) is 0 Å². The fraction of sp³-hybridized carbons (Fsp3) is 0.900. The zero-order valence-corrected chi connectivity index (χ0v) is 8.42. The van der Waals surface area contributed by atoms with Crippen LogP contribution in [-0.4, -0.2) is 37.7 Å². The van der Waals surface area contributed by atoms with Gasteiger partial charge >= 0.3 is 0 Å². The minimum Gasteiger partial charge on any atom is -0.377 e. The van der Waals surface area contributed by atoms with Crippen molar-refractivity contribution in [3.63, 3.8) is 0 Å². The van der Waals surface area contributed by atoms with Gasteiger partial charge in [-0.05, 0) is 25.7 Å². The molecule has 4 heteroatoms. The largest absolute Gasteiger partial charge is 0.377 e. The first kappa shape index (κ1) is 9.93. The quantitative estimate of drug-likeness (QED) is 0.673. The molecule has 0 aliphatic carbocycles. The van der Waals surface area contributed by atoms with Crippen molar-refractivity contribution >= 4 is 5.91 Å². The van der Waals surface area contributed by atoms with Crippen LogP contribution >= 0.6 is 0 Å². The van der Waals surface area contributed by atoms with E-state index in [0.29, 0.717) is 6.10 Å². The van der Waals surface area contributed by atoms with Crippen LogP contribution in [0.3, 0.4) is 0 Å². The maximum atomic E-state index is 11.4. The highest BCUT2D eigenvalue weighted by Gasteiger charge is 2.23. The molecule has 0 radical (unpaired) electrons. The predicted molar refractivity (Wildman–Crippen MR) is 53.0 cm³/mol. The van der Waals surface area contributed by atoms with Crippen LogP contribution in [0.2, 0.25) is 0 Å². The fourth-order valence-corrected chi connectivity index (χ4v) is 2.05. The van der Waals surface area contributed by atoms with Crippen LogP contribution in [0.1, 0.15) is 25.7 Å². The molecule has 0 aromatic heterocycles. The number of piperidine rings is 1. The smallest absolute Gasteiger partial charge is 0.237 e. The maximum absolute atomic E-state index is 11.4. The second-order valence-corrected chi connectivity index (χ2v) is 4.03. The Kier molecular flexibility index (Phi) is 3.37. The monoisotopic (exact) mass is 198 g/mol. The summed E-state index contributed by atoms with van der Waals surface area (Å²) in [5.74, 6) is 0.147. The van der Waals surface area contributed by atoms with Crippen LogP contribution in [0, 0.1) is 0 Å². The lowest BCUT2D eigenvalue weighted by Crippen LogP contribution is -2.49. The van der Waals surface area contributed by atoms with Crippen molar-refractivity contribution in [2.45, 2.75) is 37.8 Å². The topological polar surface area (TPSA) is 50.4 Å². The molecule has 1 amide bonds. The molecule has 14 heavy (non-hydrogen) atoms. The molecule has 2 rings (SSSR count). The maximum Gasteiger partial charge on any atom is 0.237 e. The van der Waals surface area contributed by atoms with Crippen LogP contribution in [0.5, 0.6) is 0 Å². The highest BCUT2D eigenvalue weighted by atomic mass is 16.5. The number of hydrogen-bond donors (Lipinski definition) is 2. The van der Waals surface area contributed by atoms with Crippen molar-refractivity contribution < 1.29 is 9.53 Å². The molecule has 2 heterocycles. The van der Waals surface area contributed by atoms with E-state index in [9.17, 15) is 4.79 Å². The summed E-state index contributed by atoms with van der Waals surface area (Å²) in [7, 11) is 0. The summed E-state index contributed by atoms with van der Waals surface area (Å²) in [4.78, 5) is 11.4. The van der Waals surface area contributed by atoms with E-state index in [1.54, 1.807) is 0 Å². The van der Waals surface area contributed by atoms with Gasteiger partial charge in [-0.3, -0.25) is 4.79 Å². The first-order valence-electron chi connectivity index (χ1n) is 5.49. The molecule has 0 bridgehead atoms. The predicted octanol–water partition coefficient (Wildman–Crippen LogP) is 0.0336. The molecular formula is C10H18N2O2. The third-order valence-corrected chi connectivity index (χ3v) is 2.90. The highest BCUT2D eigenvalue weighted by Crippen LogP contribution is 2.11. The van der Waals surface area contributed by atoms with E-state index in [1.807, 2.05) is 0 Å². The van der Waals surface area contributed by atoms with Gasteiger partial charge in [0.15, 0.2) is 0 Å². The Hall–Kier alpha value is -0.610. The van der Waals surface area contributed by atoms with Crippen LogP contribution in [0.4, 0.5) is 0 Å². The van der Waals surface area contributed by atoms with Crippen LogP contribution < -0.4 is 10.6 Å². The van der Waals surface area contributed by atoms with E-state index < -0.39 is 0 Å². The minimum absolute atomic E-state index is 0.00736. The lowest BCUT2D eigenvalue weighted by atomic mass is 10.1. The summed E-state index contributed by atoms with van der Waals surface area (Å²) < 4.78 is 5.49. The Bertz CT molecular complexity index is 202.